The predicted molar refractivity (Wildman–Crippen MR) is 71.0 cm³/mol. The number of carboxylic acid groups (broad SMARTS) is 1. The van der Waals surface area contributed by atoms with Crippen LogP contribution in [0.3, 0.4) is 0 Å². The Bertz CT molecular complexity index is 426. The fraction of sp³-hybridized carbons (Fsp3) is 0.429. The molecule has 0 radical (unpaired) electrons. The highest BCUT2D eigenvalue weighted by Gasteiger charge is 2.36. The number of carboxylic acids is 1. The van der Waals surface area contributed by atoms with Crippen LogP contribution >= 0.6 is 0 Å². The number of hydrogen-bond acceptors (Lipinski definition) is 3. The Morgan fingerprint density at radius 1 is 1.21 bits per heavy atom. The first-order chi connectivity index (χ1) is 9.04. The fourth-order valence-electron chi connectivity index (χ4n) is 1.75. The maximum atomic E-state index is 11.8. The summed E-state index contributed by atoms with van der Waals surface area (Å²) in [7, 11) is 0. The third-order valence-electron chi connectivity index (χ3n) is 3.11. The van der Waals surface area contributed by atoms with Crippen molar-refractivity contribution in [1.29, 1.82) is 0 Å². The lowest BCUT2D eigenvalue weighted by molar-refractivity contribution is -0.148. The van der Waals surface area contributed by atoms with Crippen LogP contribution in [0.5, 0.6) is 5.75 Å². The summed E-state index contributed by atoms with van der Waals surface area (Å²) >= 11 is 0. The first-order valence-corrected chi connectivity index (χ1v) is 6.26. The molecule has 104 valence electrons. The highest BCUT2D eigenvalue weighted by molar-refractivity contribution is 5.87. The molecule has 0 aromatic heterocycles. The molecule has 0 aliphatic carbocycles. The van der Waals surface area contributed by atoms with Gasteiger partial charge in [-0.25, -0.2) is 4.79 Å². The molecular formula is C14H19NO4. The van der Waals surface area contributed by atoms with E-state index in [1.54, 1.807) is 38.1 Å². The van der Waals surface area contributed by atoms with Gasteiger partial charge in [0.2, 0.25) is 0 Å². The zero-order valence-corrected chi connectivity index (χ0v) is 11.2. The lowest BCUT2D eigenvalue weighted by Gasteiger charge is -2.27. The van der Waals surface area contributed by atoms with E-state index in [4.69, 9.17) is 4.74 Å². The summed E-state index contributed by atoms with van der Waals surface area (Å²) < 4.78 is 5.28. The Kier molecular flexibility index (Phi) is 5.36. The van der Waals surface area contributed by atoms with E-state index in [2.05, 4.69) is 5.32 Å². The number of benzene rings is 1. The van der Waals surface area contributed by atoms with Crippen LogP contribution in [0.2, 0.25) is 0 Å². The molecule has 0 spiro atoms. The van der Waals surface area contributed by atoms with Gasteiger partial charge in [-0.15, -0.1) is 0 Å². The summed E-state index contributed by atoms with van der Waals surface area (Å²) in [4.78, 5) is 23.0. The molecule has 1 aromatic rings. The van der Waals surface area contributed by atoms with Gasteiger partial charge < -0.3 is 15.2 Å². The summed E-state index contributed by atoms with van der Waals surface area (Å²) in [6.07, 6.45) is 0.659. The average Bonchev–Trinajstić information content (AvgIpc) is 2.43. The first-order valence-electron chi connectivity index (χ1n) is 6.26. The van der Waals surface area contributed by atoms with Crippen LogP contribution in [-0.2, 0) is 9.59 Å². The predicted octanol–water partition coefficient (Wildman–Crippen LogP) is 1.82. The molecule has 0 atom stereocenters. The van der Waals surface area contributed by atoms with E-state index in [0.29, 0.717) is 18.6 Å². The molecule has 19 heavy (non-hydrogen) atoms. The van der Waals surface area contributed by atoms with Crippen LogP contribution < -0.4 is 10.1 Å². The third-order valence-corrected chi connectivity index (χ3v) is 3.11. The normalized spacial score (nSPS) is 10.8. The molecular weight excluding hydrogens is 246 g/mol. The second kappa shape index (κ2) is 6.78. The van der Waals surface area contributed by atoms with Gasteiger partial charge in [-0.1, -0.05) is 32.0 Å². The van der Waals surface area contributed by atoms with Crippen LogP contribution in [0.25, 0.3) is 0 Å². The Balaban J connectivity index is 2.57. The van der Waals surface area contributed by atoms with Crippen molar-refractivity contribution >= 4 is 11.9 Å². The van der Waals surface area contributed by atoms with Gasteiger partial charge in [0.1, 0.15) is 11.3 Å². The van der Waals surface area contributed by atoms with E-state index in [1.807, 2.05) is 6.07 Å². The zero-order valence-electron chi connectivity index (χ0n) is 11.2. The summed E-state index contributed by atoms with van der Waals surface area (Å²) in [5.41, 5.74) is -1.21. The SMILES string of the molecule is CCC(CC)(NC(=O)COc1ccccc1)C(=O)O. The van der Waals surface area contributed by atoms with Crippen molar-refractivity contribution in [3.05, 3.63) is 30.3 Å². The summed E-state index contributed by atoms with van der Waals surface area (Å²) in [5, 5.41) is 11.7. The fourth-order valence-corrected chi connectivity index (χ4v) is 1.75. The molecule has 2 N–H and O–H groups in total. The molecule has 5 heteroatoms. The quantitative estimate of drug-likeness (QED) is 0.788. The number of nitrogens with one attached hydrogen (secondary N) is 1. The molecule has 0 bridgehead atoms. The number of carbonyl (C=O) groups is 2. The number of amides is 1. The summed E-state index contributed by atoms with van der Waals surface area (Å²) in [6, 6.07) is 8.91. The van der Waals surface area contributed by atoms with Gasteiger partial charge >= 0.3 is 5.97 Å². The van der Waals surface area contributed by atoms with Crippen LogP contribution in [0.15, 0.2) is 30.3 Å². The molecule has 0 saturated heterocycles. The minimum Gasteiger partial charge on any atom is -0.484 e. The molecule has 0 aliphatic rings. The number of hydrogen-bond donors (Lipinski definition) is 2. The van der Waals surface area contributed by atoms with E-state index in [0.717, 1.165) is 0 Å². The molecule has 1 amide bonds. The molecule has 1 rings (SSSR count). The molecule has 0 fully saturated rings. The highest BCUT2D eigenvalue weighted by atomic mass is 16.5. The third kappa shape index (κ3) is 3.98. The van der Waals surface area contributed by atoms with E-state index in [1.165, 1.54) is 0 Å². The van der Waals surface area contributed by atoms with E-state index in [9.17, 15) is 14.7 Å². The van der Waals surface area contributed by atoms with Gasteiger partial charge in [0.25, 0.3) is 5.91 Å². The smallest absolute Gasteiger partial charge is 0.329 e. The van der Waals surface area contributed by atoms with Crippen molar-refractivity contribution in [3.63, 3.8) is 0 Å². The zero-order chi connectivity index (χ0) is 14.3. The number of aliphatic carboxylic acids is 1. The summed E-state index contributed by atoms with van der Waals surface area (Å²) in [6.45, 7) is 3.27. The van der Waals surface area contributed by atoms with Crippen molar-refractivity contribution < 1.29 is 19.4 Å². The van der Waals surface area contributed by atoms with Crippen molar-refractivity contribution in [3.8, 4) is 5.75 Å². The monoisotopic (exact) mass is 265 g/mol. The summed E-state index contributed by atoms with van der Waals surface area (Å²) in [5.74, 6) is -0.882. The molecule has 5 nitrogen and oxygen atoms in total. The molecule has 1 aromatic carbocycles. The average molecular weight is 265 g/mol. The largest absolute Gasteiger partial charge is 0.484 e. The number of para-hydroxylation sites is 1. The molecule has 0 heterocycles. The van der Waals surface area contributed by atoms with Gasteiger partial charge in [0.15, 0.2) is 6.61 Å². The Morgan fingerprint density at radius 2 is 1.79 bits per heavy atom. The van der Waals surface area contributed by atoms with E-state index < -0.39 is 17.4 Å². The maximum absolute atomic E-state index is 11.8. The van der Waals surface area contributed by atoms with Crippen LogP contribution in [-0.4, -0.2) is 29.1 Å². The van der Waals surface area contributed by atoms with Gasteiger partial charge in [0, 0.05) is 0 Å². The number of carbonyl (C=O) groups excluding carboxylic acids is 1. The lowest BCUT2D eigenvalue weighted by atomic mass is 9.93. The second-order valence-corrected chi connectivity index (χ2v) is 4.24. The Hall–Kier alpha value is -2.04. The standard InChI is InChI=1S/C14H19NO4/c1-3-14(4-2,13(17)18)15-12(16)10-19-11-8-6-5-7-9-11/h5-9H,3-4,10H2,1-2H3,(H,15,16)(H,17,18). The molecule has 0 unspecified atom stereocenters. The number of ether oxygens (including phenoxy) is 1. The van der Waals surface area contributed by atoms with Crippen LogP contribution in [0.4, 0.5) is 0 Å². The van der Waals surface area contributed by atoms with Crippen molar-refractivity contribution in [1.82, 2.24) is 5.32 Å². The van der Waals surface area contributed by atoms with Gasteiger partial charge in [-0.05, 0) is 25.0 Å². The van der Waals surface area contributed by atoms with Crippen LogP contribution in [0.1, 0.15) is 26.7 Å². The maximum Gasteiger partial charge on any atom is 0.329 e. The minimum atomic E-state index is -1.21. The van der Waals surface area contributed by atoms with Gasteiger partial charge in [0.05, 0.1) is 0 Å². The van der Waals surface area contributed by atoms with E-state index >= 15 is 0 Å². The lowest BCUT2D eigenvalue weighted by Crippen LogP contribution is -2.54. The van der Waals surface area contributed by atoms with Gasteiger partial charge in [-0.3, -0.25) is 4.79 Å². The van der Waals surface area contributed by atoms with Crippen molar-refractivity contribution in [2.45, 2.75) is 32.2 Å². The highest BCUT2D eigenvalue weighted by Crippen LogP contribution is 2.15. The Morgan fingerprint density at radius 3 is 2.26 bits per heavy atom. The minimum absolute atomic E-state index is 0.195. The molecule has 0 saturated carbocycles. The van der Waals surface area contributed by atoms with Gasteiger partial charge in [-0.2, -0.15) is 0 Å². The number of rotatable bonds is 7. The topological polar surface area (TPSA) is 75.6 Å². The first kappa shape index (κ1) is 15.0. The molecule has 0 aliphatic heterocycles. The Labute approximate surface area is 112 Å². The van der Waals surface area contributed by atoms with E-state index in [-0.39, 0.29) is 6.61 Å². The van der Waals surface area contributed by atoms with Crippen molar-refractivity contribution in [2.75, 3.05) is 6.61 Å². The van der Waals surface area contributed by atoms with Crippen LogP contribution in [0, 0.1) is 0 Å². The van der Waals surface area contributed by atoms with Crippen molar-refractivity contribution in [2.24, 2.45) is 0 Å². The second-order valence-electron chi connectivity index (χ2n) is 4.24.